The van der Waals surface area contributed by atoms with Gasteiger partial charge in [0.05, 0.1) is 0 Å². The van der Waals surface area contributed by atoms with Crippen LogP contribution >= 0.6 is 11.3 Å². The number of piperidine rings is 1. The van der Waals surface area contributed by atoms with Gasteiger partial charge in [-0.3, -0.25) is 4.79 Å². The molecule has 3 aliphatic rings. The van der Waals surface area contributed by atoms with E-state index in [1.54, 1.807) is 11.3 Å². The second kappa shape index (κ2) is 6.77. The van der Waals surface area contributed by atoms with Crippen molar-refractivity contribution < 1.29 is 4.79 Å². The van der Waals surface area contributed by atoms with Crippen molar-refractivity contribution in [2.75, 3.05) is 13.1 Å². The Balaban J connectivity index is 1.51. The highest BCUT2D eigenvalue weighted by molar-refractivity contribution is 7.07. The van der Waals surface area contributed by atoms with Crippen molar-refractivity contribution in [3.05, 3.63) is 22.4 Å². The summed E-state index contributed by atoms with van der Waals surface area (Å²) in [4.78, 5) is 15.6. The van der Waals surface area contributed by atoms with Crippen LogP contribution in [0.15, 0.2) is 16.8 Å². The third-order valence-electron chi connectivity index (χ3n) is 6.40. The van der Waals surface area contributed by atoms with Gasteiger partial charge >= 0.3 is 0 Å². The van der Waals surface area contributed by atoms with Gasteiger partial charge in [-0.05, 0) is 79.4 Å². The van der Waals surface area contributed by atoms with E-state index in [-0.39, 0.29) is 12.0 Å². The average molecular weight is 348 g/mol. The van der Waals surface area contributed by atoms with Gasteiger partial charge in [-0.15, -0.1) is 0 Å². The summed E-state index contributed by atoms with van der Waals surface area (Å²) in [5, 5.41) is 7.76. The fourth-order valence-corrected chi connectivity index (χ4v) is 5.50. The third-order valence-corrected chi connectivity index (χ3v) is 7.13. The van der Waals surface area contributed by atoms with E-state index < -0.39 is 0 Å². The van der Waals surface area contributed by atoms with Crippen LogP contribution in [-0.2, 0) is 11.3 Å². The van der Waals surface area contributed by atoms with Crippen LogP contribution in [0.5, 0.6) is 0 Å². The number of thiophene rings is 1. The van der Waals surface area contributed by atoms with Gasteiger partial charge in [-0.1, -0.05) is 6.42 Å². The highest BCUT2D eigenvalue weighted by atomic mass is 32.1. The molecule has 1 spiro atoms. The standard InChI is InChI=1S/C19H29N3OS/c20-16-3-1-2-15(10-16)18(23)22(12-14-4-9-24-13-14)17-11-19(17)5-7-21-8-6-19/h4,9,13,15-17,21H,1-3,5-8,10-12,20H2/t15-,16+,17-/m0/s1. The minimum absolute atomic E-state index is 0.145. The first-order valence-electron chi connectivity index (χ1n) is 9.46. The van der Waals surface area contributed by atoms with Crippen molar-refractivity contribution in [1.29, 1.82) is 0 Å². The summed E-state index contributed by atoms with van der Waals surface area (Å²) in [7, 11) is 0. The molecule has 2 aliphatic carbocycles. The van der Waals surface area contributed by atoms with Gasteiger partial charge in [0.1, 0.15) is 0 Å². The maximum absolute atomic E-state index is 13.3. The second-order valence-electron chi connectivity index (χ2n) is 8.05. The smallest absolute Gasteiger partial charge is 0.226 e. The quantitative estimate of drug-likeness (QED) is 0.880. The van der Waals surface area contributed by atoms with E-state index in [0.29, 0.717) is 17.4 Å². The lowest BCUT2D eigenvalue weighted by atomic mass is 9.85. The first kappa shape index (κ1) is 16.6. The predicted molar refractivity (Wildman–Crippen MR) is 97.7 cm³/mol. The highest BCUT2D eigenvalue weighted by Gasteiger charge is 2.58. The zero-order chi connectivity index (χ0) is 16.6. The molecule has 0 bridgehead atoms. The molecule has 4 nitrogen and oxygen atoms in total. The zero-order valence-electron chi connectivity index (χ0n) is 14.4. The Kier molecular flexibility index (Phi) is 4.67. The van der Waals surface area contributed by atoms with E-state index >= 15 is 0 Å². The largest absolute Gasteiger partial charge is 0.335 e. The number of carbonyl (C=O) groups excluding carboxylic acids is 1. The van der Waals surface area contributed by atoms with Gasteiger partial charge in [-0.25, -0.2) is 0 Å². The number of amides is 1. The predicted octanol–water partition coefficient (Wildman–Crippen LogP) is 2.74. The van der Waals surface area contributed by atoms with Crippen LogP contribution in [0, 0.1) is 11.3 Å². The minimum atomic E-state index is 0.145. The number of nitrogens with two attached hydrogens (primary N) is 1. The lowest BCUT2D eigenvalue weighted by molar-refractivity contribution is -0.138. The Bertz CT molecular complexity index is 567. The van der Waals surface area contributed by atoms with E-state index in [0.717, 1.165) is 45.3 Å². The van der Waals surface area contributed by atoms with Crippen LogP contribution in [0.1, 0.15) is 50.5 Å². The lowest BCUT2D eigenvalue weighted by Gasteiger charge is -2.34. The number of nitrogens with one attached hydrogen (secondary N) is 1. The van der Waals surface area contributed by atoms with Crippen LogP contribution in [0.2, 0.25) is 0 Å². The molecule has 5 heteroatoms. The van der Waals surface area contributed by atoms with Crippen molar-refractivity contribution in [2.45, 2.75) is 63.6 Å². The number of nitrogens with zero attached hydrogens (tertiary/aromatic N) is 1. The van der Waals surface area contributed by atoms with Gasteiger partial charge in [0, 0.05) is 24.5 Å². The maximum Gasteiger partial charge on any atom is 0.226 e. The van der Waals surface area contributed by atoms with Gasteiger partial charge in [0.25, 0.3) is 0 Å². The van der Waals surface area contributed by atoms with Crippen molar-refractivity contribution in [3.63, 3.8) is 0 Å². The second-order valence-corrected chi connectivity index (χ2v) is 8.83. The monoisotopic (exact) mass is 347 g/mol. The number of hydrogen-bond donors (Lipinski definition) is 2. The van der Waals surface area contributed by atoms with E-state index in [2.05, 4.69) is 27.0 Å². The molecule has 0 radical (unpaired) electrons. The van der Waals surface area contributed by atoms with Crippen molar-refractivity contribution >= 4 is 17.2 Å². The summed E-state index contributed by atoms with van der Waals surface area (Å²) in [6, 6.07) is 2.82. The zero-order valence-corrected chi connectivity index (χ0v) is 15.2. The molecule has 1 aromatic heterocycles. The summed E-state index contributed by atoms with van der Waals surface area (Å²) in [6.45, 7) is 2.99. The third kappa shape index (κ3) is 3.26. The number of carbonyl (C=O) groups is 1. The fraction of sp³-hybridized carbons (Fsp3) is 0.737. The average Bonchev–Trinajstić information content (AvgIpc) is 3.04. The molecule has 2 heterocycles. The minimum Gasteiger partial charge on any atom is -0.335 e. The molecule has 4 rings (SSSR count). The Hall–Kier alpha value is -0.910. The normalized spacial score (nSPS) is 31.8. The van der Waals surface area contributed by atoms with Crippen molar-refractivity contribution in [2.24, 2.45) is 17.1 Å². The van der Waals surface area contributed by atoms with Crippen molar-refractivity contribution in [1.82, 2.24) is 10.2 Å². The first-order valence-corrected chi connectivity index (χ1v) is 10.4. The van der Waals surface area contributed by atoms with Crippen LogP contribution in [0.25, 0.3) is 0 Å². The molecule has 2 saturated carbocycles. The van der Waals surface area contributed by atoms with E-state index in [9.17, 15) is 4.79 Å². The summed E-state index contributed by atoms with van der Waals surface area (Å²) in [5.41, 5.74) is 7.83. The molecule has 1 aliphatic heterocycles. The Morgan fingerprint density at radius 3 is 2.92 bits per heavy atom. The summed E-state index contributed by atoms with van der Waals surface area (Å²) in [5.74, 6) is 0.517. The molecule has 1 amide bonds. The molecular formula is C19H29N3OS. The van der Waals surface area contributed by atoms with Crippen LogP contribution in [0.4, 0.5) is 0 Å². The Labute approximate surface area is 148 Å². The van der Waals surface area contributed by atoms with Gasteiger partial charge in [0.2, 0.25) is 5.91 Å². The SMILES string of the molecule is N[C@@H]1CCC[C@H](C(=O)N(Cc2ccsc2)[C@H]2CC23CCNCC3)C1. The van der Waals surface area contributed by atoms with E-state index in [1.165, 1.54) is 24.8 Å². The number of hydrogen-bond acceptors (Lipinski definition) is 4. The molecular weight excluding hydrogens is 318 g/mol. The van der Waals surface area contributed by atoms with E-state index in [1.807, 2.05) is 0 Å². The van der Waals surface area contributed by atoms with Gasteiger partial charge in [0.15, 0.2) is 0 Å². The Morgan fingerprint density at radius 1 is 1.38 bits per heavy atom. The summed E-state index contributed by atoms with van der Waals surface area (Å²) in [6.07, 6.45) is 7.71. The number of rotatable bonds is 4. The molecule has 0 aromatic carbocycles. The Morgan fingerprint density at radius 2 is 2.21 bits per heavy atom. The van der Waals surface area contributed by atoms with Crippen molar-refractivity contribution in [3.8, 4) is 0 Å². The van der Waals surface area contributed by atoms with E-state index in [4.69, 9.17) is 5.73 Å². The fourth-order valence-electron chi connectivity index (χ4n) is 4.84. The maximum atomic E-state index is 13.3. The molecule has 3 N–H and O–H groups in total. The lowest BCUT2D eigenvalue weighted by Crippen LogP contribution is -2.44. The topological polar surface area (TPSA) is 58.4 Å². The molecule has 0 unspecified atom stereocenters. The molecule has 1 aromatic rings. The van der Waals surface area contributed by atoms with Crippen LogP contribution in [0.3, 0.4) is 0 Å². The highest BCUT2D eigenvalue weighted by Crippen LogP contribution is 2.56. The molecule has 24 heavy (non-hydrogen) atoms. The first-order chi connectivity index (χ1) is 11.7. The summed E-state index contributed by atoms with van der Waals surface area (Å²) < 4.78 is 0. The molecule has 3 fully saturated rings. The molecule has 3 atom stereocenters. The molecule has 132 valence electrons. The van der Waals surface area contributed by atoms with Crippen LogP contribution < -0.4 is 11.1 Å². The van der Waals surface area contributed by atoms with Gasteiger partial charge in [-0.2, -0.15) is 11.3 Å². The van der Waals surface area contributed by atoms with Gasteiger partial charge < -0.3 is 16.0 Å². The summed E-state index contributed by atoms with van der Waals surface area (Å²) >= 11 is 1.72. The van der Waals surface area contributed by atoms with Crippen LogP contribution in [-0.4, -0.2) is 36.0 Å². The molecule has 1 saturated heterocycles.